The summed E-state index contributed by atoms with van der Waals surface area (Å²) in [6.45, 7) is 8.85. The Morgan fingerprint density at radius 3 is 1.93 bits per heavy atom. The van der Waals surface area contributed by atoms with E-state index in [0.717, 1.165) is 5.56 Å². The summed E-state index contributed by atoms with van der Waals surface area (Å²) in [6, 6.07) is 2.02. The highest BCUT2D eigenvalue weighted by atomic mass is 35.5. The van der Waals surface area contributed by atoms with Crippen molar-refractivity contribution in [2.24, 2.45) is 34.0 Å². The number of hydrogen-bond donors (Lipinski definition) is 11. The molecule has 320 valence electrons. The van der Waals surface area contributed by atoms with Gasteiger partial charge in [-0.15, -0.1) is 0 Å². The van der Waals surface area contributed by atoms with Gasteiger partial charge in [0.1, 0.15) is 24.2 Å². The maximum Gasteiger partial charge on any atom is 0.326 e. The van der Waals surface area contributed by atoms with Crippen LogP contribution in [0.1, 0.15) is 78.7 Å². The van der Waals surface area contributed by atoms with Gasteiger partial charge in [0, 0.05) is 18.1 Å². The first-order chi connectivity index (χ1) is 26.9. The number of nitrogens with one attached hydrogen (secondary N) is 7. The predicted molar refractivity (Wildman–Crippen MR) is 216 cm³/mol. The van der Waals surface area contributed by atoms with Crippen LogP contribution in [0.3, 0.4) is 0 Å². The van der Waals surface area contributed by atoms with Crippen LogP contribution in [0.15, 0.2) is 29.3 Å². The molecule has 14 N–H and O–H groups in total. The third kappa shape index (κ3) is 20.6. The summed E-state index contributed by atoms with van der Waals surface area (Å²) in [6.07, 6.45) is 2.38. The smallest absolute Gasteiger partial charge is 0.326 e. The van der Waals surface area contributed by atoms with Crippen molar-refractivity contribution in [2.45, 2.75) is 110 Å². The number of halogens is 1. The van der Waals surface area contributed by atoms with Crippen LogP contribution < -0.4 is 54.4 Å². The third-order valence-corrected chi connectivity index (χ3v) is 9.23. The zero-order valence-electron chi connectivity index (χ0n) is 33.5. The fourth-order valence-corrected chi connectivity index (χ4v) is 5.35. The summed E-state index contributed by atoms with van der Waals surface area (Å²) >= 11 is 5.94. The molecule has 0 unspecified atom stereocenters. The molecule has 0 heterocycles. The highest BCUT2D eigenvalue weighted by molar-refractivity contribution is 6.30. The number of guanidine groups is 1. The number of carboxylic acids is 1. The SMILES string of the molecule is CC[C@H](C)[C@H](N)C(=O)NCC(=O)N[C@@H](CCCCNCc1ccc(Cl)cc1)C(=O)NCC(=O)N[C@H](C(=O)N[C@@H](C)C(=O)N[C@@H](CCCN=C(N)N)C(=O)O)C(C)C. The lowest BCUT2D eigenvalue weighted by atomic mass is 9.99. The van der Waals surface area contributed by atoms with Crippen molar-refractivity contribution in [2.75, 3.05) is 26.2 Å². The van der Waals surface area contributed by atoms with Crippen molar-refractivity contribution in [3.8, 4) is 0 Å². The average molecular weight is 824 g/mol. The molecule has 0 aliphatic heterocycles. The number of nitrogens with two attached hydrogens (primary N) is 3. The molecule has 0 saturated heterocycles. The number of carbonyl (C=O) groups is 7. The Morgan fingerprint density at radius 2 is 1.35 bits per heavy atom. The molecule has 0 fully saturated rings. The molecule has 0 spiro atoms. The summed E-state index contributed by atoms with van der Waals surface area (Å²) in [5.74, 6) is -5.95. The minimum Gasteiger partial charge on any atom is -0.480 e. The normalized spacial score (nSPS) is 14.1. The zero-order valence-corrected chi connectivity index (χ0v) is 34.2. The van der Waals surface area contributed by atoms with Crippen LogP contribution in [0.25, 0.3) is 0 Å². The second kappa shape index (κ2) is 26.8. The van der Waals surface area contributed by atoms with Gasteiger partial charge in [-0.1, -0.05) is 57.8 Å². The predicted octanol–water partition coefficient (Wildman–Crippen LogP) is -1.04. The molecule has 57 heavy (non-hydrogen) atoms. The highest BCUT2D eigenvalue weighted by Crippen LogP contribution is 2.10. The molecule has 6 amide bonds. The van der Waals surface area contributed by atoms with E-state index in [2.05, 4.69) is 42.2 Å². The lowest BCUT2D eigenvalue weighted by Crippen LogP contribution is -2.57. The van der Waals surface area contributed by atoms with Crippen LogP contribution in [0.5, 0.6) is 0 Å². The number of hydrogen-bond acceptors (Lipinski definition) is 10. The van der Waals surface area contributed by atoms with Crippen LogP contribution in [0.2, 0.25) is 5.02 Å². The molecule has 1 aromatic carbocycles. The number of benzene rings is 1. The maximum atomic E-state index is 13.3. The van der Waals surface area contributed by atoms with Gasteiger partial charge in [-0.25, -0.2) is 4.79 Å². The molecular formula is C37H62ClN11O8. The molecule has 0 aromatic heterocycles. The number of carbonyl (C=O) groups excluding carboxylic acids is 6. The number of nitrogens with zero attached hydrogens (tertiary/aromatic N) is 1. The van der Waals surface area contributed by atoms with Gasteiger partial charge in [0.05, 0.1) is 19.1 Å². The minimum atomic E-state index is -1.28. The van der Waals surface area contributed by atoms with Crippen LogP contribution in [0, 0.1) is 11.8 Å². The van der Waals surface area contributed by atoms with Gasteiger partial charge in [-0.05, 0) is 75.1 Å². The lowest BCUT2D eigenvalue weighted by molar-refractivity contribution is -0.142. The van der Waals surface area contributed by atoms with E-state index in [1.54, 1.807) is 26.0 Å². The van der Waals surface area contributed by atoms with Gasteiger partial charge in [0.15, 0.2) is 5.96 Å². The Balaban J connectivity index is 2.81. The van der Waals surface area contributed by atoms with Crippen molar-refractivity contribution in [1.82, 2.24) is 37.2 Å². The largest absolute Gasteiger partial charge is 0.480 e. The summed E-state index contributed by atoms with van der Waals surface area (Å²) < 4.78 is 0. The van der Waals surface area contributed by atoms with Crippen molar-refractivity contribution in [1.29, 1.82) is 0 Å². The van der Waals surface area contributed by atoms with E-state index in [9.17, 15) is 38.7 Å². The first kappa shape index (κ1) is 50.0. The Hall–Kier alpha value is -5.01. The average Bonchev–Trinajstić information content (AvgIpc) is 3.16. The van der Waals surface area contributed by atoms with E-state index in [0.29, 0.717) is 37.4 Å². The zero-order chi connectivity index (χ0) is 43.1. The summed E-state index contributed by atoms with van der Waals surface area (Å²) in [5, 5.41) is 28.5. The quantitative estimate of drug-likeness (QED) is 0.0288. The molecule has 1 rings (SSSR count). The van der Waals surface area contributed by atoms with Crippen LogP contribution in [0.4, 0.5) is 0 Å². The Morgan fingerprint density at radius 1 is 0.754 bits per heavy atom. The van der Waals surface area contributed by atoms with Crippen LogP contribution in [-0.2, 0) is 40.1 Å². The van der Waals surface area contributed by atoms with E-state index < -0.39 is 90.6 Å². The second-order valence-electron chi connectivity index (χ2n) is 14.1. The third-order valence-electron chi connectivity index (χ3n) is 8.97. The van der Waals surface area contributed by atoms with Crippen LogP contribution in [-0.4, -0.2) is 109 Å². The standard InChI is InChI=1S/C37H62ClN11O8/c1-6-22(4)30(39)34(54)45-19-28(50)47-26(10-7-8-16-42-18-24-12-14-25(38)15-13-24)33(53)44-20-29(51)49-31(21(2)3)35(55)46-23(5)32(52)48-27(36(56)57)11-9-17-43-37(40)41/h12-15,21-23,26-27,30-31,42H,6-11,16-20,39H2,1-5H3,(H,44,53)(H,45,54)(H,46,55)(H,47,50)(H,48,52)(H,49,51)(H,56,57)(H4,40,41,43)/t22-,23-,26-,27-,30-,31-/m0/s1. The van der Waals surface area contributed by atoms with Gasteiger partial charge in [0.25, 0.3) is 0 Å². The number of aliphatic carboxylic acids is 1. The van der Waals surface area contributed by atoms with Crippen LogP contribution >= 0.6 is 11.6 Å². The van der Waals surface area contributed by atoms with E-state index >= 15 is 0 Å². The minimum absolute atomic E-state index is 0.0332. The maximum absolute atomic E-state index is 13.3. The Labute approximate surface area is 339 Å². The monoisotopic (exact) mass is 823 g/mol. The molecule has 0 aliphatic rings. The molecule has 1 aromatic rings. The molecule has 0 bridgehead atoms. The fourth-order valence-electron chi connectivity index (χ4n) is 5.22. The number of aliphatic imine (C=N–C) groups is 1. The van der Waals surface area contributed by atoms with Crippen molar-refractivity contribution in [3.63, 3.8) is 0 Å². The second-order valence-corrected chi connectivity index (χ2v) is 14.6. The van der Waals surface area contributed by atoms with Crippen molar-refractivity contribution in [3.05, 3.63) is 34.9 Å². The van der Waals surface area contributed by atoms with Gasteiger partial charge in [-0.2, -0.15) is 0 Å². The van der Waals surface area contributed by atoms with Gasteiger partial charge in [0.2, 0.25) is 35.4 Å². The Bertz CT molecular complexity index is 1510. The first-order valence-corrected chi connectivity index (χ1v) is 19.5. The summed E-state index contributed by atoms with van der Waals surface area (Å²) in [7, 11) is 0. The fraction of sp³-hybridized carbons (Fsp3) is 0.622. The molecule has 0 aliphatic carbocycles. The topological polar surface area (TPSA) is 314 Å². The van der Waals surface area contributed by atoms with Crippen molar-refractivity contribution < 1.29 is 38.7 Å². The lowest BCUT2D eigenvalue weighted by Gasteiger charge is -2.25. The van der Waals surface area contributed by atoms with E-state index in [1.165, 1.54) is 6.92 Å². The van der Waals surface area contributed by atoms with Gasteiger partial charge < -0.3 is 59.5 Å². The molecular weight excluding hydrogens is 762 g/mol. The molecule has 6 atom stereocenters. The Kier molecular flexibility index (Phi) is 23.5. The first-order valence-electron chi connectivity index (χ1n) is 19.1. The molecule has 20 heteroatoms. The number of amides is 6. The molecule has 0 radical (unpaired) electrons. The van der Waals surface area contributed by atoms with Gasteiger partial charge in [-0.3, -0.25) is 33.8 Å². The number of rotatable bonds is 27. The van der Waals surface area contributed by atoms with Crippen molar-refractivity contribution >= 4 is 59.0 Å². The van der Waals surface area contributed by atoms with E-state index in [-0.39, 0.29) is 37.7 Å². The summed E-state index contributed by atoms with van der Waals surface area (Å²) in [4.78, 5) is 92.8. The highest BCUT2D eigenvalue weighted by Gasteiger charge is 2.29. The molecule has 19 nitrogen and oxygen atoms in total. The van der Waals surface area contributed by atoms with E-state index in [4.69, 9.17) is 28.8 Å². The number of unbranched alkanes of at least 4 members (excludes halogenated alkanes) is 1. The molecule has 0 saturated carbocycles. The summed E-state index contributed by atoms with van der Waals surface area (Å²) in [5.41, 5.74) is 17.5. The van der Waals surface area contributed by atoms with E-state index in [1.807, 2.05) is 26.0 Å². The van der Waals surface area contributed by atoms with Gasteiger partial charge >= 0.3 is 5.97 Å². The number of carboxylic acid groups (broad SMARTS) is 1.